The van der Waals surface area contributed by atoms with Gasteiger partial charge in [-0.1, -0.05) is 25.1 Å². The number of amides is 1. The van der Waals surface area contributed by atoms with Crippen LogP contribution in [-0.2, 0) is 14.8 Å². The van der Waals surface area contributed by atoms with E-state index in [1.165, 1.54) is 4.31 Å². The summed E-state index contributed by atoms with van der Waals surface area (Å²) in [5.74, 6) is -0.329. The van der Waals surface area contributed by atoms with Crippen molar-refractivity contribution in [3.63, 3.8) is 0 Å². The van der Waals surface area contributed by atoms with E-state index < -0.39 is 10.0 Å². The Hall–Kier alpha value is -1.15. The van der Waals surface area contributed by atoms with Crippen LogP contribution in [0.2, 0.25) is 0 Å². The van der Waals surface area contributed by atoms with Crippen molar-refractivity contribution in [3.05, 3.63) is 30.3 Å². The number of carbonyl (C=O) groups is 1. The number of sulfonamides is 1. The summed E-state index contributed by atoms with van der Waals surface area (Å²) in [6.07, 6.45) is 2.50. The van der Waals surface area contributed by atoms with E-state index in [2.05, 4.69) is 17.6 Å². The molecule has 1 fully saturated rings. The number of hydrogen-bond donors (Lipinski definition) is 2. The molecule has 1 heterocycles. The topological polar surface area (TPSA) is 78.5 Å². The van der Waals surface area contributed by atoms with E-state index in [0.29, 0.717) is 19.5 Å². The molecule has 25 heavy (non-hydrogen) atoms. The molecule has 2 N–H and O–H groups in total. The predicted molar refractivity (Wildman–Crippen MR) is 101 cm³/mol. The molecule has 0 saturated carbocycles. The van der Waals surface area contributed by atoms with E-state index in [4.69, 9.17) is 0 Å². The van der Waals surface area contributed by atoms with Gasteiger partial charge in [0.15, 0.2) is 0 Å². The Morgan fingerprint density at radius 3 is 2.60 bits per heavy atom. The molecule has 142 valence electrons. The summed E-state index contributed by atoms with van der Waals surface area (Å²) >= 11 is 0. The van der Waals surface area contributed by atoms with Crippen molar-refractivity contribution in [2.75, 3.05) is 32.7 Å². The minimum atomic E-state index is -3.52. The SMILES string of the molecule is CCCNCCNC(=O)C1CCCN(S(=O)(=O)c2ccccc2)C1.Cl. The number of nitrogens with one attached hydrogen (secondary N) is 2. The fraction of sp³-hybridized carbons (Fsp3) is 0.588. The van der Waals surface area contributed by atoms with Crippen LogP contribution in [0.3, 0.4) is 0 Å². The second kappa shape index (κ2) is 10.8. The maximum atomic E-state index is 12.7. The molecule has 1 aliphatic rings. The monoisotopic (exact) mass is 389 g/mol. The number of carbonyl (C=O) groups excluding carboxylic acids is 1. The van der Waals surface area contributed by atoms with Crippen LogP contribution in [0.25, 0.3) is 0 Å². The summed E-state index contributed by atoms with van der Waals surface area (Å²) in [6, 6.07) is 8.41. The van der Waals surface area contributed by atoms with E-state index in [-0.39, 0.29) is 35.7 Å². The van der Waals surface area contributed by atoms with Gasteiger partial charge in [-0.2, -0.15) is 4.31 Å². The van der Waals surface area contributed by atoms with Gasteiger partial charge in [0, 0.05) is 26.2 Å². The largest absolute Gasteiger partial charge is 0.355 e. The molecule has 8 heteroatoms. The van der Waals surface area contributed by atoms with Crippen molar-refractivity contribution >= 4 is 28.3 Å². The minimum absolute atomic E-state index is 0. The average Bonchev–Trinajstić information content (AvgIpc) is 2.62. The summed E-state index contributed by atoms with van der Waals surface area (Å²) in [5.41, 5.74) is 0. The third kappa shape index (κ3) is 6.26. The molecule has 1 atom stereocenters. The van der Waals surface area contributed by atoms with Crippen molar-refractivity contribution in [1.29, 1.82) is 0 Å². The van der Waals surface area contributed by atoms with Gasteiger partial charge in [0.1, 0.15) is 0 Å². The summed E-state index contributed by atoms with van der Waals surface area (Å²) in [4.78, 5) is 12.6. The highest BCUT2D eigenvalue weighted by Gasteiger charge is 2.32. The van der Waals surface area contributed by atoms with Gasteiger partial charge in [0.2, 0.25) is 15.9 Å². The van der Waals surface area contributed by atoms with Crippen LogP contribution >= 0.6 is 12.4 Å². The average molecular weight is 390 g/mol. The summed E-state index contributed by atoms with van der Waals surface area (Å²) in [6.45, 7) is 5.06. The van der Waals surface area contributed by atoms with Gasteiger partial charge in [-0.05, 0) is 37.9 Å². The highest BCUT2D eigenvalue weighted by atomic mass is 35.5. The highest BCUT2D eigenvalue weighted by molar-refractivity contribution is 7.89. The molecule has 1 aliphatic heterocycles. The van der Waals surface area contributed by atoms with Gasteiger partial charge in [0.25, 0.3) is 0 Å². The Bertz CT molecular complexity index is 625. The first-order valence-electron chi connectivity index (χ1n) is 8.59. The predicted octanol–water partition coefficient (Wildman–Crippen LogP) is 1.62. The second-order valence-electron chi connectivity index (χ2n) is 6.06. The van der Waals surface area contributed by atoms with Crippen LogP contribution in [0.5, 0.6) is 0 Å². The lowest BCUT2D eigenvalue weighted by molar-refractivity contribution is -0.126. The summed E-state index contributed by atoms with van der Waals surface area (Å²) < 4.78 is 26.8. The Balaban J connectivity index is 0.00000312. The minimum Gasteiger partial charge on any atom is -0.355 e. The zero-order valence-electron chi connectivity index (χ0n) is 14.6. The van der Waals surface area contributed by atoms with Crippen molar-refractivity contribution < 1.29 is 13.2 Å². The molecule has 0 aliphatic carbocycles. The zero-order chi connectivity index (χ0) is 17.4. The molecule has 0 radical (unpaired) electrons. The number of nitrogens with zero attached hydrogens (tertiary/aromatic N) is 1. The maximum absolute atomic E-state index is 12.7. The first kappa shape index (κ1) is 21.9. The van der Waals surface area contributed by atoms with Crippen LogP contribution in [0.15, 0.2) is 35.2 Å². The second-order valence-corrected chi connectivity index (χ2v) is 7.99. The van der Waals surface area contributed by atoms with Crippen molar-refractivity contribution in [3.8, 4) is 0 Å². The van der Waals surface area contributed by atoms with Gasteiger partial charge in [0.05, 0.1) is 10.8 Å². The van der Waals surface area contributed by atoms with Crippen LogP contribution in [0.4, 0.5) is 0 Å². The third-order valence-corrected chi connectivity index (χ3v) is 6.04. The first-order chi connectivity index (χ1) is 11.6. The summed E-state index contributed by atoms with van der Waals surface area (Å²) in [7, 11) is -3.52. The van der Waals surface area contributed by atoms with Crippen LogP contribution in [0, 0.1) is 5.92 Å². The Labute approximate surface area is 156 Å². The molecule has 0 aromatic heterocycles. The fourth-order valence-corrected chi connectivity index (χ4v) is 4.38. The van der Waals surface area contributed by atoms with Gasteiger partial charge < -0.3 is 10.6 Å². The third-order valence-electron chi connectivity index (χ3n) is 4.16. The van der Waals surface area contributed by atoms with E-state index in [1.807, 2.05) is 0 Å². The molecule has 1 saturated heterocycles. The van der Waals surface area contributed by atoms with Crippen LogP contribution < -0.4 is 10.6 Å². The lowest BCUT2D eigenvalue weighted by Crippen LogP contribution is -2.46. The van der Waals surface area contributed by atoms with Crippen LogP contribution in [0.1, 0.15) is 26.2 Å². The molecule has 1 aromatic rings. The molecule has 2 rings (SSSR count). The number of piperidine rings is 1. The smallest absolute Gasteiger partial charge is 0.243 e. The molecule has 0 spiro atoms. The fourth-order valence-electron chi connectivity index (χ4n) is 2.84. The van der Waals surface area contributed by atoms with Gasteiger partial charge in [-0.25, -0.2) is 8.42 Å². The van der Waals surface area contributed by atoms with Crippen molar-refractivity contribution in [2.45, 2.75) is 31.1 Å². The Morgan fingerprint density at radius 2 is 1.92 bits per heavy atom. The highest BCUT2D eigenvalue weighted by Crippen LogP contribution is 2.23. The quantitative estimate of drug-likeness (QED) is 0.662. The number of halogens is 1. The Kier molecular flexibility index (Phi) is 9.42. The van der Waals surface area contributed by atoms with E-state index in [0.717, 1.165) is 25.9 Å². The Morgan fingerprint density at radius 1 is 1.20 bits per heavy atom. The van der Waals surface area contributed by atoms with Gasteiger partial charge in [-0.15, -0.1) is 12.4 Å². The molecule has 0 bridgehead atoms. The summed E-state index contributed by atoms with van der Waals surface area (Å²) in [5, 5.41) is 6.13. The van der Waals surface area contributed by atoms with Crippen LogP contribution in [-0.4, -0.2) is 51.4 Å². The van der Waals surface area contributed by atoms with E-state index in [1.54, 1.807) is 30.3 Å². The number of benzene rings is 1. The number of hydrogen-bond acceptors (Lipinski definition) is 4. The van der Waals surface area contributed by atoms with E-state index in [9.17, 15) is 13.2 Å². The molecular formula is C17H28ClN3O3S. The molecule has 1 unspecified atom stereocenters. The standard InChI is InChI=1S/C17H27N3O3S.ClH/c1-2-10-18-11-12-19-17(21)15-7-6-13-20(14-15)24(22,23)16-8-4-3-5-9-16;/h3-5,8-9,15,18H,2,6-7,10-14H2,1H3,(H,19,21);1H. The molecule has 1 aromatic carbocycles. The molecule has 1 amide bonds. The molecule has 6 nitrogen and oxygen atoms in total. The van der Waals surface area contributed by atoms with Gasteiger partial charge in [-0.3, -0.25) is 4.79 Å². The van der Waals surface area contributed by atoms with Crippen molar-refractivity contribution in [2.24, 2.45) is 5.92 Å². The number of rotatable bonds is 8. The van der Waals surface area contributed by atoms with Gasteiger partial charge >= 0.3 is 0 Å². The lowest BCUT2D eigenvalue weighted by atomic mass is 9.99. The van der Waals surface area contributed by atoms with E-state index >= 15 is 0 Å². The normalized spacial score (nSPS) is 18.4. The zero-order valence-corrected chi connectivity index (χ0v) is 16.2. The maximum Gasteiger partial charge on any atom is 0.243 e. The lowest BCUT2D eigenvalue weighted by Gasteiger charge is -2.31. The first-order valence-corrected chi connectivity index (χ1v) is 10.0. The van der Waals surface area contributed by atoms with Crippen molar-refractivity contribution in [1.82, 2.24) is 14.9 Å². The molecular weight excluding hydrogens is 362 g/mol.